The molecular weight excluding hydrogens is 288 g/mol. The smallest absolute Gasteiger partial charge is 0.252 e. The summed E-state index contributed by atoms with van der Waals surface area (Å²) in [5.41, 5.74) is 0.860. The van der Waals surface area contributed by atoms with E-state index in [0.717, 1.165) is 17.7 Å². The molecule has 0 aliphatic heterocycles. The summed E-state index contributed by atoms with van der Waals surface area (Å²) < 4.78 is 26.5. The van der Waals surface area contributed by atoms with Crippen molar-refractivity contribution in [2.75, 3.05) is 5.32 Å². The van der Waals surface area contributed by atoms with Gasteiger partial charge in [-0.15, -0.1) is 0 Å². The van der Waals surface area contributed by atoms with Gasteiger partial charge in [-0.1, -0.05) is 30.3 Å². The molecular formula is C16H11F2N3O. The summed E-state index contributed by atoms with van der Waals surface area (Å²) in [4.78, 5) is 18.4. The lowest BCUT2D eigenvalue weighted by Gasteiger charge is -2.08. The van der Waals surface area contributed by atoms with Crippen LogP contribution in [0.25, 0.3) is 11.3 Å². The maximum Gasteiger partial charge on any atom is 0.252 e. The molecule has 0 saturated carbocycles. The van der Waals surface area contributed by atoms with Gasteiger partial charge in [0.15, 0.2) is 0 Å². The second kappa shape index (κ2) is 5.77. The molecule has 1 heterocycles. The first-order chi connectivity index (χ1) is 10.6. The molecule has 0 spiro atoms. The van der Waals surface area contributed by atoms with E-state index in [0.29, 0.717) is 5.69 Å². The molecule has 0 unspecified atom stereocenters. The zero-order valence-electron chi connectivity index (χ0n) is 11.3. The van der Waals surface area contributed by atoms with Crippen molar-refractivity contribution in [1.82, 2.24) is 9.97 Å². The monoisotopic (exact) mass is 299 g/mol. The molecule has 22 heavy (non-hydrogen) atoms. The molecule has 4 nitrogen and oxygen atoms in total. The number of aromatic amines is 1. The van der Waals surface area contributed by atoms with Gasteiger partial charge in [0, 0.05) is 17.7 Å². The fourth-order valence-corrected chi connectivity index (χ4v) is 1.99. The quantitative estimate of drug-likeness (QED) is 0.778. The number of H-pyrrole nitrogens is 1. The maximum absolute atomic E-state index is 13.6. The Labute approximate surface area is 124 Å². The summed E-state index contributed by atoms with van der Waals surface area (Å²) >= 11 is 0. The highest BCUT2D eigenvalue weighted by molar-refractivity contribution is 5.61. The molecule has 0 atom stereocenters. The van der Waals surface area contributed by atoms with Crippen molar-refractivity contribution < 1.29 is 8.78 Å². The third-order valence-electron chi connectivity index (χ3n) is 3.00. The Morgan fingerprint density at radius 1 is 1.00 bits per heavy atom. The van der Waals surface area contributed by atoms with Crippen molar-refractivity contribution >= 4 is 11.6 Å². The number of aromatic nitrogens is 2. The second-order valence-electron chi connectivity index (χ2n) is 4.59. The van der Waals surface area contributed by atoms with Gasteiger partial charge in [-0.05, 0) is 12.1 Å². The van der Waals surface area contributed by atoms with Crippen molar-refractivity contribution in [2.24, 2.45) is 0 Å². The van der Waals surface area contributed by atoms with Gasteiger partial charge in [-0.3, -0.25) is 9.78 Å². The molecule has 0 saturated heterocycles. The van der Waals surface area contributed by atoms with Crippen LogP contribution in [0.15, 0.2) is 59.4 Å². The molecule has 2 N–H and O–H groups in total. The normalized spacial score (nSPS) is 10.5. The van der Waals surface area contributed by atoms with Gasteiger partial charge in [0.1, 0.15) is 11.6 Å². The summed E-state index contributed by atoms with van der Waals surface area (Å²) in [5, 5.41) is 2.64. The third-order valence-corrected chi connectivity index (χ3v) is 3.00. The maximum atomic E-state index is 13.6. The number of anilines is 2. The van der Waals surface area contributed by atoms with Crippen LogP contribution in [-0.4, -0.2) is 9.97 Å². The van der Waals surface area contributed by atoms with Crippen molar-refractivity contribution in [2.45, 2.75) is 0 Å². The van der Waals surface area contributed by atoms with Crippen molar-refractivity contribution in [3.8, 4) is 11.3 Å². The largest absolute Gasteiger partial charge is 0.323 e. The standard InChI is InChI=1S/C16H11F2N3O/c17-11-6-7-13(12(18)8-11)19-16-20-14(9-15(22)21-16)10-4-2-1-3-5-10/h1-9H,(H2,19,20,21,22). The highest BCUT2D eigenvalue weighted by Gasteiger charge is 2.07. The van der Waals surface area contributed by atoms with Crippen LogP contribution in [0.5, 0.6) is 0 Å². The van der Waals surface area contributed by atoms with E-state index < -0.39 is 11.6 Å². The van der Waals surface area contributed by atoms with Crippen LogP contribution in [0.3, 0.4) is 0 Å². The van der Waals surface area contributed by atoms with Crippen LogP contribution in [0.4, 0.5) is 20.4 Å². The highest BCUT2D eigenvalue weighted by Crippen LogP contribution is 2.20. The van der Waals surface area contributed by atoms with Gasteiger partial charge in [0.2, 0.25) is 5.95 Å². The van der Waals surface area contributed by atoms with E-state index in [1.165, 1.54) is 12.1 Å². The lowest BCUT2D eigenvalue weighted by atomic mass is 10.1. The van der Waals surface area contributed by atoms with Crippen LogP contribution in [-0.2, 0) is 0 Å². The lowest BCUT2D eigenvalue weighted by molar-refractivity contribution is 0.586. The molecule has 0 amide bonds. The molecule has 2 aromatic carbocycles. The number of nitrogens with one attached hydrogen (secondary N) is 2. The van der Waals surface area contributed by atoms with Gasteiger partial charge in [-0.25, -0.2) is 13.8 Å². The minimum atomic E-state index is -0.771. The fraction of sp³-hybridized carbons (Fsp3) is 0. The molecule has 3 rings (SSSR count). The Morgan fingerprint density at radius 3 is 2.50 bits per heavy atom. The van der Waals surface area contributed by atoms with E-state index in [1.54, 1.807) is 0 Å². The Kier molecular flexibility index (Phi) is 3.65. The van der Waals surface area contributed by atoms with Gasteiger partial charge in [-0.2, -0.15) is 0 Å². The summed E-state index contributed by atoms with van der Waals surface area (Å²) in [7, 11) is 0. The Bertz CT molecular complexity index is 863. The fourth-order valence-electron chi connectivity index (χ4n) is 1.99. The minimum Gasteiger partial charge on any atom is -0.323 e. The number of benzene rings is 2. The SMILES string of the molecule is O=c1cc(-c2ccccc2)nc(Nc2ccc(F)cc2F)[nH]1. The molecule has 0 aliphatic carbocycles. The summed E-state index contributed by atoms with van der Waals surface area (Å²) in [6.07, 6.45) is 0. The molecule has 3 aromatic rings. The molecule has 0 fully saturated rings. The first kappa shape index (κ1) is 13.9. The predicted octanol–water partition coefficient (Wildman–Crippen LogP) is 3.46. The van der Waals surface area contributed by atoms with Gasteiger partial charge >= 0.3 is 0 Å². The van der Waals surface area contributed by atoms with E-state index in [1.807, 2.05) is 30.3 Å². The first-order valence-corrected chi connectivity index (χ1v) is 6.51. The van der Waals surface area contributed by atoms with E-state index in [-0.39, 0.29) is 17.2 Å². The van der Waals surface area contributed by atoms with E-state index in [9.17, 15) is 13.6 Å². The molecule has 6 heteroatoms. The van der Waals surface area contributed by atoms with E-state index >= 15 is 0 Å². The zero-order valence-corrected chi connectivity index (χ0v) is 11.3. The van der Waals surface area contributed by atoms with Crippen LogP contribution >= 0.6 is 0 Å². The molecule has 110 valence electrons. The van der Waals surface area contributed by atoms with Crippen molar-refractivity contribution in [3.63, 3.8) is 0 Å². The lowest BCUT2D eigenvalue weighted by Crippen LogP contribution is -2.11. The average molecular weight is 299 g/mol. The number of hydrogen-bond acceptors (Lipinski definition) is 3. The van der Waals surface area contributed by atoms with Crippen molar-refractivity contribution in [3.05, 3.63) is 76.6 Å². The Morgan fingerprint density at radius 2 is 1.77 bits per heavy atom. The minimum absolute atomic E-state index is 0.0229. The molecule has 1 aromatic heterocycles. The van der Waals surface area contributed by atoms with Crippen molar-refractivity contribution in [1.29, 1.82) is 0 Å². The molecule has 0 radical (unpaired) electrons. The number of hydrogen-bond donors (Lipinski definition) is 2. The first-order valence-electron chi connectivity index (χ1n) is 6.51. The molecule has 0 bridgehead atoms. The van der Waals surface area contributed by atoms with Crippen LogP contribution in [0.1, 0.15) is 0 Å². The second-order valence-corrected chi connectivity index (χ2v) is 4.59. The van der Waals surface area contributed by atoms with Crippen LogP contribution in [0.2, 0.25) is 0 Å². The molecule has 0 aliphatic rings. The number of rotatable bonds is 3. The third kappa shape index (κ3) is 3.01. The number of nitrogens with zero attached hydrogens (tertiary/aromatic N) is 1. The van der Waals surface area contributed by atoms with Gasteiger partial charge in [0.25, 0.3) is 5.56 Å². The zero-order chi connectivity index (χ0) is 15.5. The van der Waals surface area contributed by atoms with E-state index in [2.05, 4.69) is 15.3 Å². The topological polar surface area (TPSA) is 57.8 Å². The summed E-state index contributed by atoms with van der Waals surface area (Å²) in [5.74, 6) is -1.37. The average Bonchev–Trinajstić information content (AvgIpc) is 2.50. The van der Waals surface area contributed by atoms with Gasteiger partial charge in [0.05, 0.1) is 11.4 Å². The van der Waals surface area contributed by atoms with E-state index in [4.69, 9.17) is 0 Å². The predicted molar refractivity (Wildman–Crippen MR) is 79.9 cm³/mol. The Balaban J connectivity index is 1.98. The Hall–Kier alpha value is -3.02. The summed E-state index contributed by atoms with van der Waals surface area (Å²) in [6, 6.07) is 13.6. The summed E-state index contributed by atoms with van der Waals surface area (Å²) in [6.45, 7) is 0. The van der Waals surface area contributed by atoms with Crippen LogP contribution < -0.4 is 10.9 Å². The highest BCUT2D eigenvalue weighted by atomic mass is 19.1. The van der Waals surface area contributed by atoms with Crippen LogP contribution in [0, 0.1) is 11.6 Å². The van der Waals surface area contributed by atoms with Gasteiger partial charge < -0.3 is 5.32 Å². The number of halogens is 2.